The highest BCUT2D eigenvalue weighted by Crippen LogP contribution is 2.02. The van der Waals surface area contributed by atoms with Gasteiger partial charge in [-0.25, -0.2) is 9.48 Å². The summed E-state index contributed by atoms with van der Waals surface area (Å²) < 4.78 is 24.4. The third kappa shape index (κ3) is 3.13. The Balaban J connectivity index is 2.82. The Hall–Kier alpha value is -1.77. The summed E-state index contributed by atoms with van der Waals surface area (Å²) in [5.41, 5.74) is 0. The fourth-order valence-electron chi connectivity index (χ4n) is 0.959. The lowest BCUT2D eigenvalue weighted by molar-refractivity contribution is 0.259. The standard InChI is InChI=1S/C6H9N5O3S/c1-3-11-4(2)7-5(9-11)8-6(12)10-15(13)14/h3H2,1-2H3,(H,8,9,12). The van der Waals surface area contributed by atoms with Crippen LogP contribution in [-0.4, -0.2) is 29.2 Å². The van der Waals surface area contributed by atoms with Gasteiger partial charge in [-0.2, -0.15) is 13.4 Å². The Kier molecular flexibility index (Phi) is 3.50. The molecule has 0 aliphatic heterocycles. The topological polar surface area (TPSA) is 106 Å². The average Bonchev–Trinajstić information content (AvgIpc) is 2.44. The molecule has 1 N–H and O–H groups in total. The van der Waals surface area contributed by atoms with Gasteiger partial charge in [-0.15, -0.1) is 5.10 Å². The van der Waals surface area contributed by atoms with Crippen molar-refractivity contribution in [2.24, 2.45) is 4.36 Å². The van der Waals surface area contributed by atoms with Gasteiger partial charge in [0.05, 0.1) is 0 Å². The van der Waals surface area contributed by atoms with Crippen molar-refractivity contribution in [3.63, 3.8) is 0 Å². The first kappa shape index (κ1) is 11.3. The minimum absolute atomic E-state index is 0.0357. The first-order valence-electron chi connectivity index (χ1n) is 4.06. The number of nitrogens with zero attached hydrogens (tertiary/aromatic N) is 4. The van der Waals surface area contributed by atoms with E-state index >= 15 is 0 Å². The van der Waals surface area contributed by atoms with Crippen LogP contribution in [0.1, 0.15) is 12.7 Å². The summed E-state index contributed by atoms with van der Waals surface area (Å²) in [5, 5.41) is 6.02. The molecule has 2 amide bonds. The van der Waals surface area contributed by atoms with Crippen molar-refractivity contribution in [3.05, 3.63) is 5.82 Å². The molecule has 0 atom stereocenters. The van der Waals surface area contributed by atoms with E-state index in [2.05, 4.69) is 19.8 Å². The van der Waals surface area contributed by atoms with Gasteiger partial charge in [0, 0.05) is 6.54 Å². The van der Waals surface area contributed by atoms with Crippen molar-refractivity contribution in [2.45, 2.75) is 20.4 Å². The summed E-state index contributed by atoms with van der Waals surface area (Å²) in [6.45, 7) is 4.19. The lowest BCUT2D eigenvalue weighted by Gasteiger charge is -1.93. The first-order chi connectivity index (χ1) is 7.02. The quantitative estimate of drug-likeness (QED) is 0.782. The lowest BCUT2D eigenvalue weighted by atomic mass is 10.6. The zero-order valence-electron chi connectivity index (χ0n) is 8.13. The largest absolute Gasteiger partial charge is 0.362 e. The van der Waals surface area contributed by atoms with Crippen molar-refractivity contribution >= 4 is 22.5 Å². The normalized spacial score (nSPS) is 9.73. The molecule has 1 aromatic rings. The number of hydrogen-bond donors (Lipinski definition) is 1. The minimum atomic E-state index is -2.77. The van der Waals surface area contributed by atoms with Gasteiger partial charge in [0.15, 0.2) is 0 Å². The van der Waals surface area contributed by atoms with Crippen molar-refractivity contribution in [1.82, 2.24) is 14.8 Å². The van der Waals surface area contributed by atoms with Crippen LogP contribution in [0, 0.1) is 6.92 Å². The number of carbonyl (C=O) groups is 1. The molecule has 0 unspecified atom stereocenters. The molecule has 1 heterocycles. The predicted octanol–water partition coefficient (Wildman–Crippen LogP) is 0.201. The smallest absolute Gasteiger partial charge is 0.272 e. The van der Waals surface area contributed by atoms with Gasteiger partial charge >= 0.3 is 16.5 Å². The highest BCUT2D eigenvalue weighted by atomic mass is 32.2. The number of rotatable bonds is 2. The molecule has 0 saturated heterocycles. The zero-order chi connectivity index (χ0) is 11.4. The second-order valence-corrected chi connectivity index (χ2v) is 3.15. The number of urea groups is 1. The summed E-state index contributed by atoms with van der Waals surface area (Å²) >= 11 is 0. The number of aryl methyl sites for hydroxylation is 2. The highest BCUT2D eigenvalue weighted by molar-refractivity contribution is 7.62. The number of carbonyl (C=O) groups excluding carboxylic acids is 1. The fraction of sp³-hybridized carbons (Fsp3) is 0.500. The molecule has 0 saturated carbocycles. The Bertz CT molecular complexity index is 495. The molecule has 0 spiro atoms. The van der Waals surface area contributed by atoms with Gasteiger partial charge in [0.1, 0.15) is 5.82 Å². The van der Waals surface area contributed by atoms with Crippen LogP contribution in [-0.2, 0) is 17.0 Å². The maximum absolute atomic E-state index is 10.9. The molecule has 0 aliphatic rings. The van der Waals surface area contributed by atoms with Crippen LogP contribution in [0.2, 0.25) is 0 Å². The van der Waals surface area contributed by atoms with E-state index in [1.165, 1.54) is 0 Å². The van der Waals surface area contributed by atoms with E-state index in [-0.39, 0.29) is 5.95 Å². The van der Waals surface area contributed by atoms with Gasteiger partial charge in [-0.05, 0) is 13.8 Å². The van der Waals surface area contributed by atoms with Gasteiger partial charge in [-0.1, -0.05) is 4.36 Å². The summed E-state index contributed by atoms with van der Waals surface area (Å²) in [7, 11) is -2.77. The van der Waals surface area contributed by atoms with Crippen molar-refractivity contribution in [3.8, 4) is 0 Å². The number of aromatic nitrogens is 3. The third-order valence-electron chi connectivity index (χ3n) is 1.53. The number of hydrogen-bond acceptors (Lipinski definition) is 5. The van der Waals surface area contributed by atoms with Crippen LogP contribution in [0.15, 0.2) is 4.36 Å². The molecule has 82 valence electrons. The van der Waals surface area contributed by atoms with E-state index in [0.29, 0.717) is 12.4 Å². The summed E-state index contributed by atoms with van der Waals surface area (Å²) in [6, 6.07) is -1.02. The van der Waals surface area contributed by atoms with Gasteiger partial charge in [-0.3, -0.25) is 5.32 Å². The summed E-state index contributed by atoms with van der Waals surface area (Å²) in [4.78, 5) is 14.8. The number of amides is 2. The van der Waals surface area contributed by atoms with Gasteiger partial charge in [0.25, 0.3) is 5.95 Å². The van der Waals surface area contributed by atoms with E-state index in [1.54, 1.807) is 11.6 Å². The summed E-state index contributed by atoms with van der Waals surface area (Å²) in [5.74, 6) is 0.657. The van der Waals surface area contributed by atoms with E-state index in [9.17, 15) is 13.2 Å². The second kappa shape index (κ2) is 4.64. The fourth-order valence-corrected chi connectivity index (χ4v) is 1.14. The van der Waals surface area contributed by atoms with Crippen molar-refractivity contribution in [1.29, 1.82) is 0 Å². The molecule has 0 aromatic carbocycles. The van der Waals surface area contributed by atoms with Crippen molar-refractivity contribution in [2.75, 3.05) is 5.32 Å². The molecule has 0 radical (unpaired) electrons. The Morgan fingerprint density at radius 1 is 1.60 bits per heavy atom. The zero-order valence-corrected chi connectivity index (χ0v) is 8.95. The third-order valence-corrected chi connectivity index (χ3v) is 1.85. The lowest BCUT2D eigenvalue weighted by Crippen LogP contribution is -2.07. The molecule has 0 fully saturated rings. The van der Waals surface area contributed by atoms with Crippen LogP contribution in [0.4, 0.5) is 10.7 Å². The average molecular weight is 231 g/mol. The van der Waals surface area contributed by atoms with E-state index < -0.39 is 16.5 Å². The number of anilines is 1. The predicted molar refractivity (Wildman–Crippen MR) is 50.8 cm³/mol. The van der Waals surface area contributed by atoms with E-state index in [0.717, 1.165) is 0 Å². The van der Waals surface area contributed by atoms with E-state index in [4.69, 9.17) is 0 Å². The Morgan fingerprint density at radius 2 is 2.27 bits per heavy atom. The molecule has 1 aromatic heterocycles. The molecular formula is C6H9N5O3S. The van der Waals surface area contributed by atoms with Gasteiger partial charge in [0.2, 0.25) is 0 Å². The van der Waals surface area contributed by atoms with Crippen LogP contribution in [0.25, 0.3) is 0 Å². The molecular weight excluding hydrogens is 222 g/mol. The van der Waals surface area contributed by atoms with Crippen LogP contribution in [0.5, 0.6) is 0 Å². The molecule has 1 rings (SSSR count). The SMILES string of the molecule is CCn1nc(NC(=O)N=S(=O)=O)nc1C. The van der Waals surface area contributed by atoms with Crippen LogP contribution in [0.3, 0.4) is 0 Å². The monoisotopic (exact) mass is 231 g/mol. The maximum atomic E-state index is 10.9. The maximum Gasteiger partial charge on any atom is 0.362 e. The highest BCUT2D eigenvalue weighted by Gasteiger charge is 2.07. The molecule has 0 bridgehead atoms. The molecule has 9 heteroatoms. The minimum Gasteiger partial charge on any atom is -0.272 e. The Morgan fingerprint density at radius 3 is 2.73 bits per heavy atom. The van der Waals surface area contributed by atoms with Gasteiger partial charge < -0.3 is 0 Å². The van der Waals surface area contributed by atoms with Crippen molar-refractivity contribution < 1.29 is 13.2 Å². The second-order valence-electron chi connectivity index (χ2n) is 2.54. The summed E-state index contributed by atoms with van der Waals surface area (Å²) in [6.07, 6.45) is 0. The number of nitrogens with one attached hydrogen (secondary N) is 1. The molecule has 8 nitrogen and oxygen atoms in total. The first-order valence-corrected chi connectivity index (χ1v) is 5.09. The molecule has 15 heavy (non-hydrogen) atoms. The van der Waals surface area contributed by atoms with E-state index in [1.807, 2.05) is 6.92 Å². The molecule has 0 aliphatic carbocycles. The van der Waals surface area contributed by atoms with Crippen LogP contribution >= 0.6 is 0 Å². The Labute approximate surface area is 87.0 Å². The van der Waals surface area contributed by atoms with Crippen LogP contribution < -0.4 is 5.32 Å².